The molecule has 0 aromatic heterocycles. The molecule has 2 aromatic rings. The standard InChI is InChI=1S/C15H18N2.CH4S/c1-10-5-3-8-14(11(10)2)15(17)12-6-4-7-13(16)9-12;1-2/h3-9,15H,16-17H2,1-2H3;2H,1H3. The van der Waals surface area contributed by atoms with E-state index in [-0.39, 0.29) is 6.04 Å². The summed E-state index contributed by atoms with van der Waals surface area (Å²) >= 11 is 3.53. The van der Waals surface area contributed by atoms with Gasteiger partial charge in [0, 0.05) is 5.69 Å². The van der Waals surface area contributed by atoms with Crippen molar-refractivity contribution in [1.29, 1.82) is 0 Å². The summed E-state index contributed by atoms with van der Waals surface area (Å²) in [5.74, 6) is 0. The van der Waals surface area contributed by atoms with Crippen LogP contribution in [0, 0.1) is 13.8 Å². The Hall–Kier alpha value is -1.45. The third-order valence-electron chi connectivity index (χ3n) is 3.25. The van der Waals surface area contributed by atoms with Crippen molar-refractivity contribution in [2.45, 2.75) is 19.9 Å². The number of nitrogen functional groups attached to an aromatic ring is 1. The van der Waals surface area contributed by atoms with E-state index in [1.807, 2.05) is 30.3 Å². The first-order valence-electron chi connectivity index (χ1n) is 6.21. The second-order valence-corrected chi connectivity index (χ2v) is 4.44. The molecule has 2 aromatic carbocycles. The molecule has 0 aliphatic heterocycles. The van der Waals surface area contributed by atoms with Crippen LogP contribution >= 0.6 is 12.6 Å². The lowest BCUT2D eigenvalue weighted by Crippen LogP contribution is -2.14. The van der Waals surface area contributed by atoms with Gasteiger partial charge in [-0.2, -0.15) is 12.6 Å². The van der Waals surface area contributed by atoms with Crippen LogP contribution in [-0.4, -0.2) is 6.26 Å². The summed E-state index contributed by atoms with van der Waals surface area (Å²) in [6.07, 6.45) is 1.69. The Labute approximate surface area is 121 Å². The highest BCUT2D eigenvalue weighted by atomic mass is 32.1. The molecule has 3 heteroatoms. The lowest BCUT2D eigenvalue weighted by molar-refractivity contribution is 0.859. The Morgan fingerprint density at radius 3 is 2.26 bits per heavy atom. The van der Waals surface area contributed by atoms with Gasteiger partial charge in [-0.05, 0) is 54.5 Å². The molecule has 19 heavy (non-hydrogen) atoms. The van der Waals surface area contributed by atoms with Gasteiger partial charge in [0.15, 0.2) is 0 Å². The Morgan fingerprint density at radius 1 is 1.00 bits per heavy atom. The molecular weight excluding hydrogens is 252 g/mol. The summed E-state index contributed by atoms with van der Waals surface area (Å²) in [5.41, 5.74) is 17.6. The summed E-state index contributed by atoms with van der Waals surface area (Å²) in [6, 6.07) is 13.9. The maximum Gasteiger partial charge on any atom is 0.0555 e. The van der Waals surface area contributed by atoms with Crippen molar-refractivity contribution < 1.29 is 0 Å². The van der Waals surface area contributed by atoms with E-state index in [1.165, 1.54) is 11.1 Å². The number of hydrogen-bond acceptors (Lipinski definition) is 3. The number of rotatable bonds is 2. The van der Waals surface area contributed by atoms with Gasteiger partial charge in [-0.3, -0.25) is 0 Å². The van der Waals surface area contributed by atoms with Crippen LogP contribution in [0.1, 0.15) is 28.3 Å². The largest absolute Gasteiger partial charge is 0.399 e. The number of hydrogen-bond donors (Lipinski definition) is 3. The first-order valence-corrected chi connectivity index (χ1v) is 7.11. The summed E-state index contributed by atoms with van der Waals surface area (Å²) in [5, 5.41) is 0. The van der Waals surface area contributed by atoms with Crippen LogP contribution in [0.25, 0.3) is 0 Å². The van der Waals surface area contributed by atoms with Crippen molar-refractivity contribution in [2.24, 2.45) is 5.73 Å². The zero-order valence-corrected chi connectivity index (χ0v) is 12.6. The van der Waals surface area contributed by atoms with Crippen molar-refractivity contribution in [3.8, 4) is 0 Å². The van der Waals surface area contributed by atoms with Gasteiger partial charge < -0.3 is 11.5 Å². The number of nitrogens with two attached hydrogens (primary N) is 2. The predicted molar refractivity (Wildman–Crippen MR) is 87.7 cm³/mol. The molecule has 0 radical (unpaired) electrons. The molecule has 0 amide bonds. The van der Waals surface area contributed by atoms with E-state index in [0.717, 1.165) is 16.8 Å². The SMILES string of the molecule is CS.Cc1cccc(C(N)c2cccc(N)c2)c1C. The topological polar surface area (TPSA) is 52.0 Å². The van der Waals surface area contributed by atoms with Crippen molar-refractivity contribution in [2.75, 3.05) is 12.0 Å². The van der Waals surface area contributed by atoms with Crippen molar-refractivity contribution in [3.63, 3.8) is 0 Å². The van der Waals surface area contributed by atoms with Crippen LogP contribution in [0.2, 0.25) is 0 Å². The fourth-order valence-corrected chi connectivity index (χ4v) is 2.04. The van der Waals surface area contributed by atoms with E-state index in [4.69, 9.17) is 11.5 Å². The molecule has 0 heterocycles. The lowest BCUT2D eigenvalue weighted by Gasteiger charge is -2.17. The van der Waals surface area contributed by atoms with Gasteiger partial charge >= 0.3 is 0 Å². The summed E-state index contributed by atoms with van der Waals surface area (Å²) < 4.78 is 0. The minimum absolute atomic E-state index is 0.113. The van der Waals surface area contributed by atoms with E-state index in [2.05, 4.69) is 38.6 Å². The lowest BCUT2D eigenvalue weighted by atomic mass is 9.93. The summed E-state index contributed by atoms with van der Waals surface area (Å²) in [6.45, 7) is 4.21. The van der Waals surface area contributed by atoms with E-state index in [1.54, 1.807) is 6.26 Å². The highest BCUT2D eigenvalue weighted by molar-refractivity contribution is 7.79. The zero-order valence-electron chi connectivity index (χ0n) is 11.7. The molecule has 0 spiro atoms. The molecule has 0 saturated carbocycles. The van der Waals surface area contributed by atoms with E-state index in [9.17, 15) is 0 Å². The molecule has 102 valence electrons. The first-order chi connectivity index (χ1) is 9.09. The minimum atomic E-state index is -0.113. The second kappa shape index (κ2) is 7.22. The fourth-order valence-electron chi connectivity index (χ4n) is 2.04. The maximum absolute atomic E-state index is 6.30. The second-order valence-electron chi connectivity index (χ2n) is 4.44. The van der Waals surface area contributed by atoms with Crippen LogP contribution in [0.3, 0.4) is 0 Å². The number of benzene rings is 2. The van der Waals surface area contributed by atoms with Gasteiger partial charge in [0.1, 0.15) is 0 Å². The van der Waals surface area contributed by atoms with Crippen LogP contribution in [0.15, 0.2) is 42.5 Å². The fraction of sp³-hybridized carbons (Fsp3) is 0.250. The van der Waals surface area contributed by atoms with E-state index >= 15 is 0 Å². The molecule has 1 atom stereocenters. The van der Waals surface area contributed by atoms with Gasteiger partial charge in [0.25, 0.3) is 0 Å². The van der Waals surface area contributed by atoms with Crippen LogP contribution in [0.4, 0.5) is 5.69 Å². The molecule has 2 rings (SSSR count). The molecule has 1 unspecified atom stereocenters. The third-order valence-corrected chi connectivity index (χ3v) is 3.25. The number of thiol groups is 1. The van der Waals surface area contributed by atoms with E-state index in [0.29, 0.717) is 0 Å². The zero-order chi connectivity index (χ0) is 14.4. The summed E-state index contributed by atoms with van der Waals surface area (Å²) in [7, 11) is 0. The average Bonchev–Trinajstić information content (AvgIpc) is 2.43. The normalized spacial score (nSPS) is 11.4. The number of anilines is 1. The molecule has 0 fully saturated rings. The molecule has 0 saturated heterocycles. The molecule has 0 aliphatic carbocycles. The van der Waals surface area contributed by atoms with Gasteiger partial charge in [-0.15, -0.1) is 0 Å². The van der Waals surface area contributed by atoms with Crippen LogP contribution in [-0.2, 0) is 0 Å². The number of aryl methyl sites for hydroxylation is 1. The van der Waals surface area contributed by atoms with Crippen LogP contribution in [0.5, 0.6) is 0 Å². The Morgan fingerprint density at radius 2 is 1.63 bits per heavy atom. The minimum Gasteiger partial charge on any atom is -0.399 e. The molecule has 2 nitrogen and oxygen atoms in total. The van der Waals surface area contributed by atoms with Crippen LogP contribution < -0.4 is 11.5 Å². The smallest absolute Gasteiger partial charge is 0.0555 e. The third kappa shape index (κ3) is 3.75. The monoisotopic (exact) mass is 274 g/mol. The Bertz CT molecular complexity index is 538. The van der Waals surface area contributed by atoms with Crippen molar-refractivity contribution >= 4 is 18.3 Å². The maximum atomic E-state index is 6.30. The van der Waals surface area contributed by atoms with Gasteiger partial charge in [-0.1, -0.05) is 30.3 Å². The van der Waals surface area contributed by atoms with E-state index < -0.39 is 0 Å². The first kappa shape index (κ1) is 15.6. The highest BCUT2D eigenvalue weighted by Gasteiger charge is 2.12. The molecular formula is C16H22N2S. The molecule has 0 aliphatic rings. The van der Waals surface area contributed by atoms with Crippen molar-refractivity contribution in [1.82, 2.24) is 0 Å². The van der Waals surface area contributed by atoms with Crippen molar-refractivity contribution in [3.05, 3.63) is 64.7 Å². The molecule has 0 bridgehead atoms. The average molecular weight is 274 g/mol. The summed E-state index contributed by atoms with van der Waals surface area (Å²) in [4.78, 5) is 0. The quantitative estimate of drug-likeness (QED) is 0.580. The van der Waals surface area contributed by atoms with Gasteiger partial charge in [0.05, 0.1) is 6.04 Å². The van der Waals surface area contributed by atoms with Gasteiger partial charge in [0.2, 0.25) is 0 Å². The van der Waals surface area contributed by atoms with Gasteiger partial charge in [-0.25, -0.2) is 0 Å². The Balaban J connectivity index is 0.000000861. The molecule has 4 N–H and O–H groups in total. The highest BCUT2D eigenvalue weighted by Crippen LogP contribution is 2.25. The Kier molecular flexibility index (Phi) is 5.93. The predicted octanol–water partition coefficient (Wildman–Crippen LogP) is 3.48.